The van der Waals surface area contributed by atoms with Crippen molar-refractivity contribution in [2.75, 3.05) is 14.1 Å². The summed E-state index contributed by atoms with van der Waals surface area (Å²) in [5.41, 5.74) is 0.493. The number of rotatable bonds is 4. The lowest BCUT2D eigenvalue weighted by Gasteiger charge is -2.08. The highest BCUT2D eigenvalue weighted by Crippen LogP contribution is 2.29. The molecule has 0 aromatic carbocycles. The van der Waals surface area contributed by atoms with Crippen molar-refractivity contribution in [3.05, 3.63) is 29.9 Å². The van der Waals surface area contributed by atoms with Crippen molar-refractivity contribution in [3.8, 4) is 11.4 Å². The molecule has 0 spiro atoms. The zero-order valence-electron chi connectivity index (χ0n) is 12.1. The van der Waals surface area contributed by atoms with Crippen LogP contribution in [0, 0.1) is 0 Å². The maximum Gasteiger partial charge on any atom is 0.471 e. The Labute approximate surface area is 128 Å². The molecule has 0 aliphatic rings. The lowest BCUT2D eigenvalue weighted by molar-refractivity contribution is -0.159. The largest absolute Gasteiger partial charge is 0.471 e. The number of hydrogen-bond acceptors (Lipinski definition) is 6. The molecule has 0 unspecified atom stereocenters. The first-order valence-electron chi connectivity index (χ1n) is 6.29. The lowest BCUT2D eigenvalue weighted by Crippen LogP contribution is -2.31. The molecule has 0 N–H and O–H groups in total. The molecule has 7 nitrogen and oxygen atoms in total. The summed E-state index contributed by atoms with van der Waals surface area (Å²) < 4.78 is 41.3. The third-order valence-electron chi connectivity index (χ3n) is 2.74. The molecule has 0 fully saturated rings. The van der Waals surface area contributed by atoms with Gasteiger partial charge in [0.05, 0.1) is 6.42 Å². The van der Waals surface area contributed by atoms with E-state index in [0.717, 1.165) is 4.90 Å². The Kier molecular flexibility index (Phi) is 4.43. The zero-order chi connectivity index (χ0) is 17.2. The summed E-state index contributed by atoms with van der Waals surface area (Å²) in [6, 6.07) is 2.79. The molecule has 1 amide bonds. The summed E-state index contributed by atoms with van der Waals surface area (Å²) in [5, 5.41) is 3.22. The smallest absolute Gasteiger partial charge is 0.342 e. The molecule has 2 rings (SSSR count). The SMILES string of the molecule is CN(C)C(=O)C(=O)Cc1ccc(-c2noc(C(F)(F)F)n2)cn1. The number of likely N-dealkylation sites (N-methyl/N-ethyl adjacent to an activating group) is 1. The van der Waals surface area contributed by atoms with E-state index in [-0.39, 0.29) is 17.8 Å². The van der Waals surface area contributed by atoms with Crippen molar-refractivity contribution in [2.45, 2.75) is 12.6 Å². The molecule has 122 valence electrons. The second kappa shape index (κ2) is 6.15. The Balaban J connectivity index is 2.12. The summed E-state index contributed by atoms with van der Waals surface area (Å²) in [4.78, 5) is 31.4. The van der Waals surface area contributed by atoms with E-state index in [1.165, 1.54) is 32.4 Å². The van der Waals surface area contributed by atoms with E-state index in [1.807, 2.05) is 0 Å². The molecule has 10 heteroatoms. The lowest BCUT2D eigenvalue weighted by atomic mass is 10.1. The van der Waals surface area contributed by atoms with Crippen molar-refractivity contribution in [2.24, 2.45) is 0 Å². The number of aromatic nitrogens is 3. The number of carbonyl (C=O) groups excluding carboxylic acids is 2. The second-order valence-electron chi connectivity index (χ2n) is 4.76. The molecule has 23 heavy (non-hydrogen) atoms. The number of alkyl halides is 3. The first-order chi connectivity index (χ1) is 10.7. The number of halogens is 3. The molecule has 0 saturated heterocycles. The fourth-order valence-electron chi connectivity index (χ4n) is 1.61. The van der Waals surface area contributed by atoms with Crippen LogP contribution in [0.3, 0.4) is 0 Å². The van der Waals surface area contributed by atoms with Crippen molar-refractivity contribution in [1.29, 1.82) is 0 Å². The van der Waals surface area contributed by atoms with Gasteiger partial charge in [0, 0.05) is 31.5 Å². The van der Waals surface area contributed by atoms with Crippen LogP contribution in [0.5, 0.6) is 0 Å². The summed E-state index contributed by atoms with van der Waals surface area (Å²) in [7, 11) is 2.90. The number of pyridine rings is 1. The van der Waals surface area contributed by atoms with Gasteiger partial charge in [-0.3, -0.25) is 14.6 Å². The summed E-state index contributed by atoms with van der Waals surface area (Å²) in [6.45, 7) is 0. The third-order valence-corrected chi connectivity index (χ3v) is 2.74. The fourth-order valence-corrected chi connectivity index (χ4v) is 1.61. The van der Waals surface area contributed by atoms with E-state index >= 15 is 0 Å². The molecule has 0 saturated carbocycles. The predicted octanol–water partition coefficient (Wildman–Crippen LogP) is 1.35. The van der Waals surface area contributed by atoms with Crippen LogP contribution in [-0.2, 0) is 22.2 Å². The maximum absolute atomic E-state index is 12.4. The Morgan fingerprint density at radius 2 is 1.96 bits per heavy atom. The van der Waals surface area contributed by atoms with E-state index in [9.17, 15) is 22.8 Å². The topological polar surface area (TPSA) is 89.2 Å². The van der Waals surface area contributed by atoms with Crippen LogP contribution < -0.4 is 0 Å². The predicted molar refractivity (Wildman–Crippen MR) is 69.9 cm³/mol. The standard InChI is InChI=1S/C13H11F3N4O3/c1-20(2)11(22)9(21)5-8-4-3-7(6-17-8)10-18-12(23-19-10)13(14,15)16/h3-4,6H,5H2,1-2H3. The Morgan fingerprint density at radius 1 is 1.26 bits per heavy atom. The van der Waals surface area contributed by atoms with Crippen LogP contribution in [0.2, 0.25) is 0 Å². The Morgan fingerprint density at radius 3 is 2.43 bits per heavy atom. The Bertz CT molecular complexity index is 723. The van der Waals surface area contributed by atoms with Gasteiger partial charge in [-0.2, -0.15) is 18.2 Å². The molecule has 2 heterocycles. The van der Waals surface area contributed by atoms with Gasteiger partial charge in [-0.1, -0.05) is 5.16 Å². The van der Waals surface area contributed by atoms with Crippen LogP contribution in [0.1, 0.15) is 11.6 Å². The average Bonchev–Trinajstić information content (AvgIpc) is 2.97. The molecular weight excluding hydrogens is 317 g/mol. The van der Waals surface area contributed by atoms with E-state index in [2.05, 4.69) is 19.6 Å². The quantitative estimate of drug-likeness (QED) is 0.787. The Hall–Kier alpha value is -2.78. The van der Waals surface area contributed by atoms with Crippen LogP contribution in [0.15, 0.2) is 22.9 Å². The molecule has 0 atom stereocenters. The van der Waals surface area contributed by atoms with Crippen molar-refractivity contribution < 1.29 is 27.3 Å². The van der Waals surface area contributed by atoms with Crippen LogP contribution in [0.4, 0.5) is 13.2 Å². The van der Waals surface area contributed by atoms with Crippen molar-refractivity contribution in [3.63, 3.8) is 0 Å². The van der Waals surface area contributed by atoms with E-state index in [4.69, 9.17) is 0 Å². The van der Waals surface area contributed by atoms with Crippen LogP contribution in [0.25, 0.3) is 11.4 Å². The molecule has 0 bridgehead atoms. The highest BCUT2D eigenvalue weighted by molar-refractivity contribution is 6.36. The minimum absolute atomic E-state index is 0.194. The number of hydrogen-bond donors (Lipinski definition) is 0. The fraction of sp³-hybridized carbons (Fsp3) is 0.308. The maximum atomic E-state index is 12.4. The van der Waals surface area contributed by atoms with E-state index in [0.29, 0.717) is 5.69 Å². The van der Waals surface area contributed by atoms with Gasteiger partial charge < -0.3 is 9.42 Å². The van der Waals surface area contributed by atoms with Gasteiger partial charge in [-0.25, -0.2) is 0 Å². The first-order valence-corrected chi connectivity index (χ1v) is 6.29. The van der Waals surface area contributed by atoms with Gasteiger partial charge in [0.1, 0.15) is 0 Å². The van der Waals surface area contributed by atoms with Gasteiger partial charge in [0.25, 0.3) is 5.91 Å². The molecular formula is C13H11F3N4O3. The number of carbonyl (C=O) groups is 2. The van der Waals surface area contributed by atoms with Gasteiger partial charge >= 0.3 is 12.1 Å². The van der Waals surface area contributed by atoms with Gasteiger partial charge in [-0.15, -0.1) is 0 Å². The van der Waals surface area contributed by atoms with E-state index in [1.54, 1.807) is 0 Å². The number of nitrogens with zero attached hydrogens (tertiary/aromatic N) is 4. The third kappa shape index (κ3) is 3.90. The van der Waals surface area contributed by atoms with Crippen molar-refractivity contribution >= 4 is 11.7 Å². The highest BCUT2D eigenvalue weighted by Gasteiger charge is 2.38. The minimum Gasteiger partial charge on any atom is -0.342 e. The normalized spacial score (nSPS) is 11.3. The summed E-state index contributed by atoms with van der Waals surface area (Å²) in [6.07, 6.45) is -3.73. The van der Waals surface area contributed by atoms with E-state index < -0.39 is 23.8 Å². The van der Waals surface area contributed by atoms with Crippen LogP contribution in [-0.4, -0.2) is 45.8 Å². The summed E-state index contributed by atoms with van der Waals surface area (Å²) in [5.74, 6) is -3.03. The van der Waals surface area contributed by atoms with Gasteiger partial charge in [-0.05, 0) is 12.1 Å². The summed E-state index contributed by atoms with van der Waals surface area (Å²) >= 11 is 0. The molecule has 0 aliphatic heterocycles. The molecule has 2 aromatic rings. The second-order valence-corrected chi connectivity index (χ2v) is 4.76. The van der Waals surface area contributed by atoms with Gasteiger partial charge in [0.2, 0.25) is 11.6 Å². The van der Waals surface area contributed by atoms with Crippen LogP contribution >= 0.6 is 0 Å². The molecule has 0 radical (unpaired) electrons. The van der Waals surface area contributed by atoms with Gasteiger partial charge in [0.15, 0.2) is 0 Å². The molecule has 0 aliphatic carbocycles. The first kappa shape index (κ1) is 16.6. The number of Topliss-reactive ketones (excluding diaryl/α,β-unsaturated/α-hetero) is 1. The number of amides is 1. The zero-order valence-corrected chi connectivity index (χ0v) is 12.1. The van der Waals surface area contributed by atoms with Crippen molar-refractivity contribution in [1.82, 2.24) is 20.0 Å². The average molecular weight is 328 g/mol. The monoisotopic (exact) mass is 328 g/mol. The minimum atomic E-state index is -4.72. The molecule has 2 aromatic heterocycles. The number of ketones is 1. The highest BCUT2D eigenvalue weighted by atomic mass is 19.4.